The van der Waals surface area contributed by atoms with Gasteiger partial charge < -0.3 is 4.57 Å². The molecular formula is C4H6N2S. The van der Waals surface area contributed by atoms with Crippen LogP contribution in [0.3, 0.4) is 0 Å². The zero-order valence-corrected chi connectivity index (χ0v) is 4.89. The van der Waals surface area contributed by atoms with Gasteiger partial charge >= 0.3 is 0 Å². The third-order valence-electron chi connectivity index (χ3n) is 0.691. The van der Waals surface area contributed by atoms with Crippen LogP contribution in [0.15, 0.2) is 17.6 Å². The first-order chi connectivity index (χ1) is 3.29. The van der Waals surface area contributed by atoms with E-state index in [0.717, 1.165) is 5.03 Å². The molecule has 0 bridgehead atoms. The third-order valence-corrected chi connectivity index (χ3v) is 0.922. The molecule has 0 aliphatic heterocycles. The predicted molar refractivity (Wildman–Crippen MR) is 30.5 cm³/mol. The molecule has 0 aliphatic rings. The molecule has 0 fully saturated rings. The minimum absolute atomic E-state index is 0.766. The van der Waals surface area contributed by atoms with Gasteiger partial charge in [0.05, 0.1) is 6.33 Å². The number of hydrogen-bond donors (Lipinski definition) is 1. The average molecular weight is 114 g/mol. The number of imidazole rings is 1. The third kappa shape index (κ3) is 0.962. The van der Waals surface area contributed by atoms with Crippen molar-refractivity contribution in [1.82, 2.24) is 9.55 Å². The van der Waals surface area contributed by atoms with Crippen molar-refractivity contribution in [1.29, 1.82) is 0 Å². The van der Waals surface area contributed by atoms with E-state index >= 15 is 0 Å². The van der Waals surface area contributed by atoms with Crippen LogP contribution in [0.4, 0.5) is 0 Å². The van der Waals surface area contributed by atoms with Gasteiger partial charge in [0.2, 0.25) is 0 Å². The first-order valence-corrected chi connectivity index (χ1v) is 2.40. The lowest BCUT2D eigenvalue weighted by molar-refractivity contribution is 0.912. The highest BCUT2D eigenvalue weighted by Crippen LogP contribution is 1.96. The fourth-order valence-corrected chi connectivity index (χ4v) is 0.633. The molecule has 0 radical (unpaired) electrons. The molecule has 0 atom stereocenters. The molecule has 0 saturated heterocycles. The Morgan fingerprint density at radius 2 is 2.57 bits per heavy atom. The molecule has 3 heteroatoms. The van der Waals surface area contributed by atoms with Crippen LogP contribution < -0.4 is 0 Å². The summed E-state index contributed by atoms with van der Waals surface area (Å²) in [4.78, 5) is 3.84. The van der Waals surface area contributed by atoms with E-state index in [-0.39, 0.29) is 0 Å². The zero-order valence-electron chi connectivity index (χ0n) is 4.00. The van der Waals surface area contributed by atoms with Gasteiger partial charge in [-0.3, -0.25) is 0 Å². The SMILES string of the molecule is Cn1cnc(S)c1. The van der Waals surface area contributed by atoms with Crippen LogP contribution in [-0.4, -0.2) is 9.55 Å². The number of aromatic nitrogens is 2. The smallest absolute Gasteiger partial charge is 0.111 e. The first-order valence-electron chi connectivity index (χ1n) is 1.96. The van der Waals surface area contributed by atoms with Crippen LogP contribution in [0.5, 0.6) is 0 Å². The molecule has 0 aromatic carbocycles. The maximum Gasteiger partial charge on any atom is 0.111 e. The summed E-state index contributed by atoms with van der Waals surface area (Å²) >= 11 is 3.97. The number of nitrogens with zero attached hydrogens (tertiary/aromatic N) is 2. The number of rotatable bonds is 0. The minimum Gasteiger partial charge on any atom is -0.339 e. The molecule has 0 spiro atoms. The molecule has 2 nitrogen and oxygen atoms in total. The van der Waals surface area contributed by atoms with E-state index in [9.17, 15) is 0 Å². The highest BCUT2D eigenvalue weighted by molar-refractivity contribution is 7.80. The van der Waals surface area contributed by atoms with Gasteiger partial charge in [0.25, 0.3) is 0 Å². The molecule has 7 heavy (non-hydrogen) atoms. The van der Waals surface area contributed by atoms with Crippen LogP contribution in [0.25, 0.3) is 0 Å². The first kappa shape index (κ1) is 4.71. The Labute approximate surface area is 47.6 Å². The van der Waals surface area contributed by atoms with E-state index in [1.807, 2.05) is 17.8 Å². The number of thiol groups is 1. The molecule has 38 valence electrons. The summed E-state index contributed by atoms with van der Waals surface area (Å²) < 4.78 is 1.85. The highest BCUT2D eigenvalue weighted by atomic mass is 32.1. The quantitative estimate of drug-likeness (QED) is 0.492. The predicted octanol–water partition coefficient (Wildman–Crippen LogP) is 0.709. The molecule has 0 amide bonds. The van der Waals surface area contributed by atoms with E-state index in [1.165, 1.54) is 0 Å². The van der Waals surface area contributed by atoms with Crippen molar-refractivity contribution in [2.24, 2.45) is 7.05 Å². The summed E-state index contributed by atoms with van der Waals surface area (Å²) in [6, 6.07) is 0. The zero-order chi connectivity index (χ0) is 5.28. The van der Waals surface area contributed by atoms with E-state index in [0.29, 0.717) is 0 Å². The van der Waals surface area contributed by atoms with Gasteiger partial charge in [-0.2, -0.15) is 0 Å². The standard InChI is InChI=1S/C4H6N2S/c1-6-2-4(7)5-3-6/h2-3,7H,1H3. The van der Waals surface area contributed by atoms with Crippen LogP contribution in [-0.2, 0) is 7.05 Å². The van der Waals surface area contributed by atoms with Gasteiger partial charge in [0.15, 0.2) is 0 Å². The summed E-state index contributed by atoms with van der Waals surface area (Å²) in [5, 5.41) is 0.766. The average Bonchev–Trinajstić information content (AvgIpc) is 1.87. The Bertz CT molecular complexity index is 142. The second-order valence-corrected chi connectivity index (χ2v) is 1.86. The summed E-state index contributed by atoms with van der Waals surface area (Å²) in [6.07, 6.45) is 3.55. The van der Waals surface area contributed by atoms with Gasteiger partial charge in [-0.15, -0.1) is 12.6 Å². The van der Waals surface area contributed by atoms with Gasteiger partial charge in [0.1, 0.15) is 5.03 Å². The Balaban J connectivity index is 3.04. The van der Waals surface area contributed by atoms with E-state index < -0.39 is 0 Å². The van der Waals surface area contributed by atoms with Crippen LogP contribution >= 0.6 is 12.6 Å². The Hall–Kier alpha value is -0.440. The van der Waals surface area contributed by atoms with E-state index in [4.69, 9.17) is 0 Å². The van der Waals surface area contributed by atoms with Crippen molar-refractivity contribution in [3.05, 3.63) is 12.5 Å². The lowest BCUT2D eigenvalue weighted by atomic mass is 10.9. The van der Waals surface area contributed by atoms with Crippen molar-refractivity contribution in [2.45, 2.75) is 5.03 Å². The fraction of sp³-hybridized carbons (Fsp3) is 0.250. The van der Waals surface area contributed by atoms with Gasteiger partial charge in [-0.25, -0.2) is 4.98 Å². The largest absolute Gasteiger partial charge is 0.339 e. The molecule has 1 rings (SSSR count). The maximum atomic E-state index is 3.97. The van der Waals surface area contributed by atoms with Gasteiger partial charge in [-0.05, 0) is 0 Å². The van der Waals surface area contributed by atoms with Crippen LogP contribution in [0.1, 0.15) is 0 Å². The summed E-state index contributed by atoms with van der Waals surface area (Å²) in [5.41, 5.74) is 0. The molecule has 0 unspecified atom stereocenters. The van der Waals surface area contributed by atoms with Crippen molar-refractivity contribution >= 4 is 12.6 Å². The van der Waals surface area contributed by atoms with Gasteiger partial charge in [-0.1, -0.05) is 0 Å². The highest BCUT2D eigenvalue weighted by Gasteiger charge is 1.82. The maximum absolute atomic E-state index is 3.97. The Kier molecular flexibility index (Phi) is 1.06. The number of hydrogen-bond acceptors (Lipinski definition) is 2. The van der Waals surface area contributed by atoms with Crippen molar-refractivity contribution < 1.29 is 0 Å². The summed E-state index contributed by atoms with van der Waals surface area (Å²) in [7, 11) is 1.91. The summed E-state index contributed by atoms with van der Waals surface area (Å²) in [6.45, 7) is 0. The minimum atomic E-state index is 0.766. The number of aryl methyl sites for hydroxylation is 1. The normalized spacial score (nSPS) is 9.43. The summed E-state index contributed by atoms with van der Waals surface area (Å²) in [5.74, 6) is 0. The van der Waals surface area contributed by atoms with E-state index in [1.54, 1.807) is 6.33 Å². The molecule has 1 heterocycles. The van der Waals surface area contributed by atoms with Crippen molar-refractivity contribution in [3.8, 4) is 0 Å². The Morgan fingerprint density at radius 3 is 2.71 bits per heavy atom. The second kappa shape index (κ2) is 1.58. The van der Waals surface area contributed by atoms with Crippen LogP contribution in [0.2, 0.25) is 0 Å². The lowest BCUT2D eigenvalue weighted by Gasteiger charge is -1.77. The molecular weight excluding hydrogens is 108 g/mol. The molecule has 1 aromatic heterocycles. The second-order valence-electron chi connectivity index (χ2n) is 1.40. The molecule has 1 aromatic rings. The monoisotopic (exact) mass is 114 g/mol. The van der Waals surface area contributed by atoms with E-state index in [2.05, 4.69) is 17.6 Å². The van der Waals surface area contributed by atoms with Crippen LogP contribution in [0, 0.1) is 0 Å². The topological polar surface area (TPSA) is 17.8 Å². The van der Waals surface area contributed by atoms with Gasteiger partial charge in [0, 0.05) is 13.2 Å². The molecule has 0 saturated carbocycles. The molecule has 0 aliphatic carbocycles. The lowest BCUT2D eigenvalue weighted by Crippen LogP contribution is -1.76. The van der Waals surface area contributed by atoms with Crippen molar-refractivity contribution in [3.63, 3.8) is 0 Å². The Morgan fingerprint density at radius 1 is 1.86 bits per heavy atom. The fourth-order valence-electron chi connectivity index (χ4n) is 0.399. The van der Waals surface area contributed by atoms with Crippen molar-refractivity contribution in [2.75, 3.05) is 0 Å². The molecule has 0 N–H and O–H groups in total.